The first-order chi connectivity index (χ1) is 13.2. The molecule has 148 valence electrons. The largest absolute Gasteiger partial charge is 0.478 e. The maximum absolute atomic E-state index is 13.1. The molecule has 10 heteroatoms. The molecular weight excluding hydrogens is 386 g/mol. The number of amides is 1. The van der Waals surface area contributed by atoms with Gasteiger partial charge in [-0.3, -0.25) is 10.3 Å². The van der Waals surface area contributed by atoms with Gasteiger partial charge < -0.3 is 5.11 Å². The van der Waals surface area contributed by atoms with Crippen LogP contribution in [0.3, 0.4) is 0 Å². The Hall–Kier alpha value is -3.11. The molecule has 0 radical (unpaired) electrons. The highest BCUT2D eigenvalue weighted by Crippen LogP contribution is 2.35. The highest BCUT2D eigenvalue weighted by atomic mass is 32.2. The summed E-state index contributed by atoms with van der Waals surface area (Å²) in [5.74, 6) is -2.26. The number of nitrogens with one attached hydrogen (secondary N) is 1. The Balaban J connectivity index is 2.08. The van der Waals surface area contributed by atoms with Crippen LogP contribution in [-0.2, 0) is 19.8 Å². The first-order valence-electron chi connectivity index (χ1n) is 8.42. The van der Waals surface area contributed by atoms with Crippen LogP contribution in [-0.4, -0.2) is 42.0 Å². The van der Waals surface area contributed by atoms with E-state index < -0.39 is 34.4 Å². The zero-order valence-corrected chi connectivity index (χ0v) is 16.0. The van der Waals surface area contributed by atoms with Crippen LogP contribution in [0.1, 0.15) is 24.2 Å². The number of benzene rings is 2. The van der Waals surface area contributed by atoms with Crippen LogP contribution < -0.4 is 9.79 Å². The Labute approximate surface area is 162 Å². The van der Waals surface area contributed by atoms with Gasteiger partial charge in [-0.1, -0.05) is 30.3 Å². The number of rotatable bonds is 6. The molecular formula is C18H19N3O6S. The number of carbonyl (C=O) groups excluding carboxylic acids is 1. The molecule has 0 fully saturated rings. The van der Waals surface area contributed by atoms with Crippen molar-refractivity contribution in [2.24, 2.45) is 0 Å². The van der Waals surface area contributed by atoms with E-state index in [1.807, 2.05) is 0 Å². The highest BCUT2D eigenvalue weighted by molar-refractivity contribution is 7.91. The SMILES string of the molecule is CC(C)N1C(=O)c2ccccc2N(C(ONc2ccccc2)C(=O)O)S1(=O)=O. The maximum atomic E-state index is 13.1. The predicted molar refractivity (Wildman–Crippen MR) is 102 cm³/mol. The Morgan fingerprint density at radius 2 is 1.64 bits per heavy atom. The molecule has 0 aliphatic carbocycles. The van der Waals surface area contributed by atoms with E-state index >= 15 is 0 Å². The van der Waals surface area contributed by atoms with Gasteiger partial charge in [0.05, 0.1) is 16.9 Å². The Bertz CT molecular complexity index is 993. The lowest BCUT2D eigenvalue weighted by Gasteiger charge is -2.40. The number of para-hydroxylation sites is 2. The minimum atomic E-state index is -4.50. The van der Waals surface area contributed by atoms with Gasteiger partial charge >= 0.3 is 16.2 Å². The second kappa shape index (κ2) is 7.49. The molecule has 0 spiro atoms. The molecule has 1 aliphatic heterocycles. The van der Waals surface area contributed by atoms with Gasteiger partial charge in [0.1, 0.15) is 0 Å². The normalized spacial score (nSPS) is 16.6. The quantitative estimate of drug-likeness (QED) is 0.707. The van der Waals surface area contributed by atoms with Gasteiger partial charge in [0.25, 0.3) is 12.1 Å². The number of hydrogen-bond acceptors (Lipinski definition) is 6. The summed E-state index contributed by atoms with van der Waals surface area (Å²) in [6.45, 7) is 3.06. The number of hydrogen-bond donors (Lipinski definition) is 2. The predicted octanol–water partition coefficient (Wildman–Crippen LogP) is 2.06. The third-order valence-corrected chi connectivity index (χ3v) is 5.99. The maximum Gasteiger partial charge on any atom is 0.357 e. The van der Waals surface area contributed by atoms with Crippen LogP contribution in [0.5, 0.6) is 0 Å². The van der Waals surface area contributed by atoms with Crippen LogP contribution in [0.25, 0.3) is 0 Å². The lowest BCUT2D eigenvalue weighted by Crippen LogP contribution is -2.59. The van der Waals surface area contributed by atoms with Gasteiger partial charge in [0.2, 0.25) is 0 Å². The lowest BCUT2D eigenvalue weighted by molar-refractivity contribution is -0.147. The van der Waals surface area contributed by atoms with Gasteiger partial charge in [0.15, 0.2) is 0 Å². The molecule has 0 saturated heterocycles. The van der Waals surface area contributed by atoms with E-state index in [0.717, 1.165) is 0 Å². The number of carboxylic acid groups (broad SMARTS) is 1. The highest BCUT2D eigenvalue weighted by Gasteiger charge is 2.48. The topological polar surface area (TPSA) is 116 Å². The number of nitrogens with zero attached hydrogens (tertiary/aromatic N) is 2. The average Bonchev–Trinajstić information content (AvgIpc) is 2.64. The Morgan fingerprint density at radius 3 is 2.25 bits per heavy atom. The smallest absolute Gasteiger partial charge is 0.357 e. The molecule has 3 rings (SSSR count). The molecule has 1 aliphatic rings. The van der Waals surface area contributed by atoms with Crippen molar-refractivity contribution in [3.8, 4) is 0 Å². The van der Waals surface area contributed by atoms with Crippen molar-refractivity contribution in [3.05, 3.63) is 60.2 Å². The first kappa shape index (κ1) is 19.6. The van der Waals surface area contributed by atoms with Gasteiger partial charge in [-0.15, -0.1) is 0 Å². The monoisotopic (exact) mass is 405 g/mol. The summed E-state index contributed by atoms with van der Waals surface area (Å²) < 4.78 is 27.5. The Kier molecular flexibility index (Phi) is 5.25. The molecule has 2 aromatic carbocycles. The number of carbonyl (C=O) groups is 2. The molecule has 9 nitrogen and oxygen atoms in total. The second-order valence-electron chi connectivity index (χ2n) is 6.29. The van der Waals surface area contributed by atoms with Crippen molar-refractivity contribution in [1.29, 1.82) is 0 Å². The fraction of sp³-hybridized carbons (Fsp3) is 0.222. The minimum absolute atomic E-state index is 0.0633. The van der Waals surface area contributed by atoms with Crippen molar-refractivity contribution < 1.29 is 28.0 Å². The average molecular weight is 405 g/mol. The zero-order valence-electron chi connectivity index (χ0n) is 15.1. The molecule has 0 saturated carbocycles. The summed E-state index contributed by atoms with van der Waals surface area (Å²) in [7, 11) is -4.50. The summed E-state index contributed by atoms with van der Waals surface area (Å²) in [6.07, 6.45) is -1.94. The van der Waals surface area contributed by atoms with Gasteiger partial charge in [-0.2, -0.15) is 8.42 Å². The molecule has 1 unspecified atom stereocenters. The van der Waals surface area contributed by atoms with E-state index in [4.69, 9.17) is 4.84 Å². The standard InChI is InChI=1S/C18H19N3O6S/c1-12(2)20-16(22)14-10-6-7-11-15(14)21(28(20,25)26)17(18(23)24)27-19-13-8-4-3-5-9-13/h3-12,17,19H,1-2H3,(H,23,24). The molecule has 1 heterocycles. The fourth-order valence-corrected chi connectivity index (χ4v) is 4.68. The first-order valence-corrected chi connectivity index (χ1v) is 9.81. The van der Waals surface area contributed by atoms with E-state index in [2.05, 4.69) is 5.48 Å². The lowest BCUT2D eigenvalue weighted by atomic mass is 10.1. The van der Waals surface area contributed by atoms with Gasteiger partial charge in [-0.05, 0) is 38.1 Å². The van der Waals surface area contributed by atoms with Crippen molar-refractivity contribution in [3.63, 3.8) is 0 Å². The second-order valence-corrected chi connectivity index (χ2v) is 7.97. The molecule has 2 N–H and O–H groups in total. The van der Waals surface area contributed by atoms with E-state index in [0.29, 0.717) is 14.3 Å². The summed E-state index contributed by atoms with van der Waals surface area (Å²) in [5, 5.41) is 9.68. The van der Waals surface area contributed by atoms with Gasteiger partial charge in [0, 0.05) is 6.04 Å². The number of fused-ring (bicyclic) bond motifs is 1. The number of anilines is 2. The Morgan fingerprint density at radius 1 is 1.04 bits per heavy atom. The van der Waals surface area contributed by atoms with E-state index in [9.17, 15) is 23.1 Å². The minimum Gasteiger partial charge on any atom is -0.478 e. The number of aliphatic carboxylic acids is 1. The zero-order chi connectivity index (χ0) is 20.5. The summed E-state index contributed by atoms with van der Waals surface area (Å²) in [6, 6.07) is 13.6. The van der Waals surface area contributed by atoms with Crippen molar-refractivity contribution >= 4 is 33.5 Å². The van der Waals surface area contributed by atoms with Crippen molar-refractivity contribution in [2.75, 3.05) is 9.79 Å². The van der Waals surface area contributed by atoms with Crippen LogP contribution in [0.4, 0.5) is 11.4 Å². The summed E-state index contributed by atoms with van der Waals surface area (Å²) in [5.41, 5.74) is 2.90. The van der Waals surface area contributed by atoms with E-state index in [1.165, 1.54) is 32.0 Å². The summed E-state index contributed by atoms with van der Waals surface area (Å²) >= 11 is 0. The van der Waals surface area contributed by atoms with Crippen molar-refractivity contribution in [1.82, 2.24) is 4.31 Å². The molecule has 0 aromatic heterocycles. The third kappa shape index (κ3) is 3.39. The molecule has 28 heavy (non-hydrogen) atoms. The molecule has 1 atom stereocenters. The fourth-order valence-electron chi connectivity index (χ4n) is 2.87. The van der Waals surface area contributed by atoms with Crippen LogP contribution in [0.2, 0.25) is 0 Å². The van der Waals surface area contributed by atoms with Crippen LogP contribution in [0, 0.1) is 0 Å². The third-order valence-electron chi connectivity index (χ3n) is 4.02. The molecule has 0 bridgehead atoms. The van der Waals surface area contributed by atoms with Crippen LogP contribution in [0.15, 0.2) is 54.6 Å². The van der Waals surface area contributed by atoms with Crippen molar-refractivity contribution in [2.45, 2.75) is 26.1 Å². The molecule has 2 aromatic rings. The molecule has 1 amide bonds. The van der Waals surface area contributed by atoms with Crippen LogP contribution >= 0.6 is 0 Å². The van der Waals surface area contributed by atoms with Gasteiger partial charge in [-0.25, -0.2) is 18.2 Å². The van der Waals surface area contributed by atoms with E-state index in [-0.39, 0.29) is 11.3 Å². The van der Waals surface area contributed by atoms with E-state index in [1.54, 1.807) is 36.4 Å². The summed E-state index contributed by atoms with van der Waals surface area (Å²) in [4.78, 5) is 29.9. The number of carboxylic acids is 1.